The monoisotopic (exact) mass is 622 g/mol. The molecule has 0 amide bonds. The third-order valence-electron chi connectivity index (χ3n) is 13.9. The standard InChI is InChI=1S/C45H43BN2/c1-43(2,3)30-19-21-33(22-20-30)47-36-15-8-13-34-40(36)46-41-35(44(34,4)31-11-6-5-7-12-31)14-9-17-38(41)48(39-18-10-16-37(47)42(39)46)45-26-28-23-29(27-45)25-32(45)24-28/h5-22,28-29,32H,23-27H2,1-4H3. The molecular weight excluding hydrogens is 579 g/mol. The molecule has 3 atom stereocenters. The fourth-order valence-corrected chi connectivity index (χ4v) is 12.1. The highest BCUT2D eigenvalue weighted by molar-refractivity contribution is 7.01. The van der Waals surface area contributed by atoms with E-state index in [1.165, 1.54) is 93.7 Å². The molecule has 12 rings (SSSR count). The van der Waals surface area contributed by atoms with Crippen molar-refractivity contribution in [1.29, 1.82) is 0 Å². The van der Waals surface area contributed by atoms with E-state index in [1.807, 2.05) is 0 Å². The summed E-state index contributed by atoms with van der Waals surface area (Å²) < 4.78 is 0. The first-order valence-electron chi connectivity index (χ1n) is 18.4. The fraction of sp³-hybridized carbons (Fsp3) is 0.333. The van der Waals surface area contributed by atoms with E-state index in [4.69, 9.17) is 0 Å². The second-order valence-corrected chi connectivity index (χ2v) is 17.2. The van der Waals surface area contributed by atoms with Gasteiger partial charge in [-0.05, 0) is 137 Å². The summed E-state index contributed by atoms with van der Waals surface area (Å²) >= 11 is 0. The van der Waals surface area contributed by atoms with E-state index in [0.29, 0.717) is 0 Å². The minimum absolute atomic E-state index is 0.112. The van der Waals surface area contributed by atoms with Crippen molar-refractivity contribution < 1.29 is 0 Å². The summed E-state index contributed by atoms with van der Waals surface area (Å²) in [6.45, 7) is 9.66. The molecule has 3 unspecified atom stereocenters. The van der Waals surface area contributed by atoms with E-state index in [9.17, 15) is 0 Å². The lowest BCUT2D eigenvalue weighted by Gasteiger charge is -2.55. The van der Waals surface area contributed by atoms with Crippen molar-refractivity contribution in [2.75, 3.05) is 9.80 Å². The van der Waals surface area contributed by atoms with Gasteiger partial charge < -0.3 is 9.80 Å². The Labute approximate surface area is 285 Å². The Balaban J connectivity index is 1.25. The second-order valence-electron chi connectivity index (χ2n) is 17.2. The van der Waals surface area contributed by atoms with Crippen LogP contribution >= 0.6 is 0 Å². The maximum atomic E-state index is 2.95. The Morgan fingerprint density at radius 3 is 1.81 bits per heavy atom. The fourth-order valence-electron chi connectivity index (χ4n) is 12.1. The van der Waals surface area contributed by atoms with E-state index in [-0.39, 0.29) is 23.1 Å². The molecule has 0 saturated heterocycles. The average Bonchev–Trinajstić information content (AvgIpc) is 3.50. The van der Waals surface area contributed by atoms with Crippen molar-refractivity contribution in [3.8, 4) is 0 Å². The van der Waals surface area contributed by atoms with Gasteiger partial charge in [-0.3, -0.25) is 0 Å². The molecule has 4 aliphatic carbocycles. The van der Waals surface area contributed by atoms with Gasteiger partial charge in [-0.1, -0.05) is 93.6 Å². The van der Waals surface area contributed by atoms with E-state index in [2.05, 4.69) is 147 Å². The van der Waals surface area contributed by atoms with Crippen LogP contribution < -0.4 is 26.2 Å². The first-order chi connectivity index (χ1) is 23.3. The molecule has 5 aromatic rings. The highest BCUT2D eigenvalue weighted by atomic mass is 15.3. The molecule has 0 aromatic heterocycles. The minimum Gasteiger partial charge on any atom is -0.336 e. The van der Waals surface area contributed by atoms with Crippen molar-refractivity contribution in [2.45, 2.75) is 76.2 Å². The summed E-state index contributed by atoms with van der Waals surface area (Å²) in [6, 6.07) is 42.6. The van der Waals surface area contributed by atoms with Gasteiger partial charge in [0.2, 0.25) is 0 Å². The summed E-state index contributed by atoms with van der Waals surface area (Å²) in [5, 5.41) is 0. The highest BCUT2D eigenvalue weighted by Gasteiger charge is 2.63. The van der Waals surface area contributed by atoms with Crippen molar-refractivity contribution in [3.63, 3.8) is 0 Å². The Bertz CT molecular complexity index is 2150. The minimum atomic E-state index is -0.268. The molecule has 2 nitrogen and oxygen atoms in total. The number of benzene rings is 5. The summed E-state index contributed by atoms with van der Waals surface area (Å²) in [5.41, 5.74) is 17.2. The van der Waals surface area contributed by atoms with Crippen LogP contribution in [0.2, 0.25) is 0 Å². The van der Waals surface area contributed by atoms with Crippen molar-refractivity contribution >= 4 is 51.5 Å². The lowest BCUT2D eigenvalue weighted by Crippen LogP contribution is -2.69. The maximum absolute atomic E-state index is 2.95. The molecule has 4 saturated carbocycles. The first-order valence-corrected chi connectivity index (χ1v) is 18.4. The SMILES string of the molecule is CC(C)(C)c1ccc(N2c3cccc4c3B3c5c2cccc5C(C)(c2ccccc2)c2cccc(c23)N4C23CC4CC(CC2C4)C3)cc1. The largest absolute Gasteiger partial charge is 0.336 e. The average molecular weight is 623 g/mol. The van der Waals surface area contributed by atoms with Crippen LogP contribution in [0.1, 0.15) is 82.1 Å². The number of rotatable bonds is 3. The summed E-state index contributed by atoms with van der Waals surface area (Å²) in [6.07, 6.45) is 6.99. The zero-order chi connectivity index (χ0) is 32.2. The number of hydrogen-bond acceptors (Lipinski definition) is 2. The van der Waals surface area contributed by atoms with Gasteiger partial charge in [-0.2, -0.15) is 0 Å². The van der Waals surface area contributed by atoms with Crippen molar-refractivity contribution in [2.24, 2.45) is 17.8 Å². The van der Waals surface area contributed by atoms with Crippen molar-refractivity contribution in [1.82, 2.24) is 0 Å². The number of anilines is 5. The smallest absolute Gasteiger partial charge is 0.252 e. The third-order valence-corrected chi connectivity index (χ3v) is 13.9. The normalized spacial score (nSPS) is 28.2. The van der Waals surface area contributed by atoms with E-state index in [1.54, 1.807) is 5.46 Å². The van der Waals surface area contributed by atoms with Crippen LogP contribution in [-0.4, -0.2) is 12.3 Å². The van der Waals surface area contributed by atoms with Gasteiger partial charge in [-0.25, -0.2) is 0 Å². The molecule has 48 heavy (non-hydrogen) atoms. The lowest BCUT2D eigenvalue weighted by atomic mass is 9.28. The first kappa shape index (κ1) is 27.7. The van der Waals surface area contributed by atoms with Gasteiger partial charge in [0.15, 0.2) is 0 Å². The third kappa shape index (κ3) is 3.27. The number of nitrogens with zero attached hydrogens (tertiary/aromatic N) is 2. The molecule has 0 N–H and O–H groups in total. The Morgan fingerprint density at radius 1 is 0.604 bits per heavy atom. The van der Waals surface area contributed by atoms with Gasteiger partial charge in [0, 0.05) is 39.4 Å². The highest BCUT2D eigenvalue weighted by Crippen LogP contribution is 2.65. The Kier molecular flexibility index (Phi) is 5.22. The molecule has 4 bridgehead atoms. The van der Waals surface area contributed by atoms with E-state index < -0.39 is 0 Å². The molecule has 0 radical (unpaired) electrons. The van der Waals surface area contributed by atoms with Gasteiger partial charge in [0.25, 0.3) is 6.71 Å². The zero-order valence-electron chi connectivity index (χ0n) is 28.6. The zero-order valence-corrected chi connectivity index (χ0v) is 28.6. The Hall–Kier alpha value is -4.24. The molecule has 3 aliphatic heterocycles. The predicted octanol–water partition coefficient (Wildman–Crippen LogP) is 8.98. The molecule has 3 heteroatoms. The molecule has 7 aliphatic rings. The molecule has 236 valence electrons. The van der Waals surface area contributed by atoms with Gasteiger partial charge in [0.1, 0.15) is 0 Å². The van der Waals surface area contributed by atoms with Crippen molar-refractivity contribution in [3.05, 3.63) is 131 Å². The van der Waals surface area contributed by atoms with Crippen LogP contribution in [0.3, 0.4) is 0 Å². The van der Waals surface area contributed by atoms with E-state index >= 15 is 0 Å². The topological polar surface area (TPSA) is 6.48 Å². The molecule has 3 heterocycles. The van der Waals surface area contributed by atoms with Crippen LogP contribution in [0.15, 0.2) is 109 Å². The molecular formula is C45H43BN2. The van der Waals surface area contributed by atoms with Crippen LogP contribution in [0.4, 0.5) is 28.4 Å². The summed E-state index contributed by atoms with van der Waals surface area (Å²) in [5.74, 6) is 2.57. The maximum Gasteiger partial charge on any atom is 0.252 e. The van der Waals surface area contributed by atoms with Gasteiger partial charge in [-0.15, -0.1) is 0 Å². The second kappa shape index (κ2) is 9.05. The summed E-state index contributed by atoms with van der Waals surface area (Å²) in [7, 11) is 0. The van der Waals surface area contributed by atoms with Gasteiger partial charge in [0.05, 0.1) is 0 Å². The van der Waals surface area contributed by atoms with Crippen LogP contribution in [-0.2, 0) is 10.8 Å². The predicted molar refractivity (Wildman–Crippen MR) is 201 cm³/mol. The molecule has 0 spiro atoms. The quantitative estimate of drug-likeness (QED) is 0.182. The number of hydrogen-bond donors (Lipinski definition) is 0. The lowest BCUT2D eigenvalue weighted by molar-refractivity contribution is 0.267. The van der Waals surface area contributed by atoms with Crippen LogP contribution in [0.5, 0.6) is 0 Å². The van der Waals surface area contributed by atoms with Crippen LogP contribution in [0, 0.1) is 17.8 Å². The summed E-state index contributed by atoms with van der Waals surface area (Å²) in [4.78, 5) is 5.56. The van der Waals surface area contributed by atoms with Crippen LogP contribution in [0.25, 0.3) is 0 Å². The molecule has 4 fully saturated rings. The Morgan fingerprint density at radius 2 is 1.17 bits per heavy atom. The van der Waals surface area contributed by atoms with Gasteiger partial charge >= 0.3 is 0 Å². The molecule has 5 aromatic carbocycles. The van der Waals surface area contributed by atoms with E-state index in [0.717, 1.165) is 17.8 Å².